The van der Waals surface area contributed by atoms with Gasteiger partial charge in [-0.25, -0.2) is 0 Å². The third-order valence-corrected chi connectivity index (χ3v) is 3.23. The first kappa shape index (κ1) is 14.1. The number of aryl methyl sites for hydroxylation is 1. The molecule has 6 nitrogen and oxygen atoms in total. The van der Waals surface area contributed by atoms with E-state index in [1.807, 2.05) is 25.1 Å². The zero-order valence-electron chi connectivity index (χ0n) is 11.4. The van der Waals surface area contributed by atoms with E-state index in [2.05, 4.69) is 4.98 Å². The average Bonchev–Trinajstić information content (AvgIpc) is 2.84. The minimum atomic E-state index is -0.304. The summed E-state index contributed by atoms with van der Waals surface area (Å²) in [6.45, 7) is 2.78. The maximum Gasteiger partial charge on any atom is 0.276 e. The van der Waals surface area contributed by atoms with Crippen LogP contribution in [0.25, 0.3) is 10.9 Å². The number of amides is 1. The van der Waals surface area contributed by atoms with Gasteiger partial charge in [0.25, 0.3) is 5.91 Å². The van der Waals surface area contributed by atoms with Gasteiger partial charge in [-0.05, 0) is 37.6 Å². The molecule has 1 heterocycles. The molecule has 6 N–H and O–H groups in total. The van der Waals surface area contributed by atoms with E-state index in [0.29, 0.717) is 25.2 Å². The lowest BCUT2D eigenvalue weighted by Crippen LogP contribution is -2.42. The summed E-state index contributed by atoms with van der Waals surface area (Å²) in [5.74, 6) is -0.569. The molecule has 0 spiro atoms. The Morgan fingerprint density at radius 2 is 2.20 bits per heavy atom. The molecule has 2 rings (SSSR count). The van der Waals surface area contributed by atoms with Gasteiger partial charge in [-0.2, -0.15) is 0 Å². The molecule has 0 aliphatic rings. The monoisotopic (exact) mass is 273 g/mol. The van der Waals surface area contributed by atoms with Crippen molar-refractivity contribution >= 4 is 22.8 Å². The predicted octanol–water partition coefficient (Wildman–Crippen LogP) is 1.16. The van der Waals surface area contributed by atoms with Crippen molar-refractivity contribution in [3.8, 4) is 0 Å². The Morgan fingerprint density at radius 3 is 2.80 bits per heavy atom. The minimum absolute atomic E-state index is 0.265. The first-order valence-corrected chi connectivity index (χ1v) is 6.49. The number of hydrogen-bond acceptors (Lipinski definition) is 3. The lowest BCUT2D eigenvalue weighted by molar-refractivity contribution is 0.0839. The zero-order chi connectivity index (χ0) is 14.7. The van der Waals surface area contributed by atoms with Crippen LogP contribution >= 0.6 is 0 Å². The molecule has 0 bridgehead atoms. The van der Waals surface area contributed by atoms with Gasteiger partial charge in [0, 0.05) is 17.4 Å². The Bertz CT molecular complexity index is 646. The number of hydrogen-bond donors (Lipinski definition) is 4. The van der Waals surface area contributed by atoms with Gasteiger partial charge < -0.3 is 16.5 Å². The smallest absolute Gasteiger partial charge is 0.276 e. The SMILES string of the molecule is Cc1cccc2[nH]c(C(=O)N(CCCN)C(=N)N)cc12. The molecule has 1 aromatic carbocycles. The number of guanidine groups is 1. The number of rotatable bonds is 4. The first-order chi connectivity index (χ1) is 9.54. The summed E-state index contributed by atoms with van der Waals surface area (Å²) >= 11 is 0. The van der Waals surface area contributed by atoms with Gasteiger partial charge in [-0.3, -0.25) is 15.1 Å². The lowest BCUT2D eigenvalue weighted by atomic mass is 10.1. The van der Waals surface area contributed by atoms with Crippen LogP contribution in [0, 0.1) is 12.3 Å². The normalized spacial score (nSPS) is 10.7. The van der Waals surface area contributed by atoms with Crippen LogP contribution in [0.1, 0.15) is 22.5 Å². The Hall–Kier alpha value is -2.34. The van der Waals surface area contributed by atoms with Crippen LogP contribution < -0.4 is 11.5 Å². The highest BCUT2D eigenvalue weighted by molar-refractivity contribution is 6.06. The third kappa shape index (κ3) is 2.65. The second-order valence-electron chi connectivity index (χ2n) is 4.70. The van der Waals surface area contributed by atoms with Crippen LogP contribution in [-0.2, 0) is 0 Å². The fourth-order valence-corrected chi connectivity index (χ4v) is 2.15. The number of aromatic amines is 1. The molecule has 0 aliphatic carbocycles. The van der Waals surface area contributed by atoms with Gasteiger partial charge in [-0.1, -0.05) is 12.1 Å². The van der Waals surface area contributed by atoms with E-state index >= 15 is 0 Å². The molecule has 1 amide bonds. The molecule has 106 valence electrons. The minimum Gasteiger partial charge on any atom is -0.370 e. The Morgan fingerprint density at radius 1 is 1.45 bits per heavy atom. The van der Waals surface area contributed by atoms with E-state index in [9.17, 15) is 4.79 Å². The van der Waals surface area contributed by atoms with Crippen molar-refractivity contribution in [3.63, 3.8) is 0 Å². The molecule has 1 aromatic heterocycles. The van der Waals surface area contributed by atoms with Crippen molar-refractivity contribution < 1.29 is 4.79 Å². The van der Waals surface area contributed by atoms with Gasteiger partial charge in [0.05, 0.1) is 0 Å². The Labute approximate surface area is 117 Å². The topological polar surface area (TPSA) is 112 Å². The molecule has 2 aromatic rings. The highest BCUT2D eigenvalue weighted by Crippen LogP contribution is 2.20. The fourth-order valence-electron chi connectivity index (χ4n) is 2.15. The zero-order valence-corrected chi connectivity index (χ0v) is 11.4. The number of nitrogens with zero attached hydrogens (tertiary/aromatic N) is 1. The first-order valence-electron chi connectivity index (χ1n) is 6.49. The number of H-pyrrole nitrogens is 1. The van der Waals surface area contributed by atoms with Crippen molar-refractivity contribution in [1.82, 2.24) is 9.88 Å². The molecule has 0 saturated carbocycles. The van der Waals surface area contributed by atoms with Crippen molar-refractivity contribution in [3.05, 3.63) is 35.5 Å². The Kier molecular flexibility index (Phi) is 4.05. The van der Waals surface area contributed by atoms with E-state index in [0.717, 1.165) is 16.5 Å². The summed E-state index contributed by atoms with van der Waals surface area (Å²) in [4.78, 5) is 16.7. The van der Waals surface area contributed by atoms with Gasteiger partial charge >= 0.3 is 0 Å². The summed E-state index contributed by atoms with van der Waals surface area (Å²) in [5, 5.41) is 8.51. The molecule has 0 atom stereocenters. The summed E-state index contributed by atoms with van der Waals surface area (Å²) in [7, 11) is 0. The standard InChI is InChI=1S/C14H19N5O/c1-9-4-2-5-11-10(9)8-12(18-11)13(20)19(14(16)17)7-3-6-15/h2,4-5,8,18H,3,6-7,15H2,1H3,(H3,16,17). The van der Waals surface area contributed by atoms with Crippen LogP contribution in [0.5, 0.6) is 0 Å². The number of benzene rings is 1. The quantitative estimate of drug-likeness (QED) is 0.495. The second kappa shape index (κ2) is 5.75. The third-order valence-electron chi connectivity index (χ3n) is 3.23. The molecule has 6 heteroatoms. The number of carbonyl (C=O) groups excluding carboxylic acids is 1. The predicted molar refractivity (Wildman–Crippen MR) is 79.7 cm³/mol. The van der Waals surface area contributed by atoms with Crippen molar-refractivity contribution in [2.24, 2.45) is 11.5 Å². The van der Waals surface area contributed by atoms with Gasteiger partial charge in [0.15, 0.2) is 5.96 Å². The van der Waals surface area contributed by atoms with Crippen molar-refractivity contribution in [2.45, 2.75) is 13.3 Å². The average molecular weight is 273 g/mol. The largest absolute Gasteiger partial charge is 0.370 e. The van der Waals surface area contributed by atoms with E-state index < -0.39 is 0 Å². The van der Waals surface area contributed by atoms with E-state index in [1.165, 1.54) is 4.90 Å². The van der Waals surface area contributed by atoms with E-state index in [4.69, 9.17) is 16.9 Å². The molecule has 20 heavy (non-hydrogen) atoms. The molecule has 0 fully saturated rings. The van der Waals surface area contributed by atoms with Crippen molar-refractivity contribution in [1.29, 1.82) is 5.41 Å². The van der Waals surface area contributed by atoms with E-state index in [1.54, 1.807) is 6.07 Å². The van der Waals surface area contributed by atoms with E-state index in [-0.39, 0.29) is 11.9 Å². The number of fused-ring (bicyclic) bond motifs is 1. The molecule has 0 radical (unpaired) electrons. The molecule has 0 aliphatic heterocycles. The molecular formula is C14H19N5O. The van der Waals surface area contributed by atoms with Crippen LogP contribution in [0.15, 0.2) is 24.3 Å². The Balaban J connectivity index is 2.33. The summed E-state index contributed by atoms with van der Waals surface area (Å²) in [6.07, 6.45) is 0.602. The van der Waals surface area contributed by atoms with Gasteiger partial charge in [0.2, 0.25) is 0 Å². The second-order valence-corrected chi connectivity index (χ2v) is 4.70. The summed E-state index contributed by atoms with van der Waals surface area (Å²) < 4.78 is 0. The van der Waals surface area contributed by atoms with Crippen molar-refractivity contribution in [2.75, 3.05) is 13.1 Å². The van der Waals surface area contributed by atoms with Crippen LogP contribution in [0.4, 0.5) is 0 Å². The van der Waals surface area contributed by atoms with Crippen LogP contribution in [-0.4, -0.2) is 34.8 Å². The number of nitrogens with one attached hydrogen (secondary N) is 2. The van der Waals surface area contributed by atoms with Gasteiger partial charge in [-0.15, -0.1) is 0 Å². The molecular weight excluding hydrogens is 254 g/mol. The van der Waals surface area contributed by atoms with Gasteiger partial charge in [0.1, 0.15) is 5.69 Å². The van der Waals surface area contributed by atoms with Crippen LogP contribution in [0.3, 0.4) is 0 Å². The summed E-state index contributed by atoms with van der Waals surface area (Å²) in [6, 6.07) is 7.63. The number of nitrogens with two attached hydrogens (primary N) is 2. The summed E-state index contributed by atoms with van der Waals surface area (Å²) in [5.41, 5.74) is 13.3. The maximum atomic E-state index is 12.4. The molecule has 0 unspecified atom stereocenters. The number of aromatic nitrogens is 1. The fraction of sp³-hybridized carbons (Fsp3) is 0.286. The number of carbonyl (C=O) groups is 1. The lowest BCUT2D eigenvalue weighted by Gasteiger charge is -2.19. The highest BCUT2D eigenvalue weighted by atomic mass is 16.2. The maximum absolute atomic E-state index is 12.4. The highest BCUT2D eigenvalue weighted by Gasteiger charge is 2.20. The van der Waals surface area contributed by atoms with Crippen LogP contribution in [0.2, 0.25) is 0 Å². The molecule has 0 saturated heterocycles.